The van der Waals surface area contributed by atoms with Crippen molar-refractivity contribution < 1.29 is 19.0 Å². The average Bonchev–Trinajstić information content (AvgIpc) is 3.19. The molecule has 0 radical (unpaired) electrons. The van der Waals surface area contributed by atoms with E-state index in [9.17, 15) is 14.9 Å². The first-order valence-electron chi connectivity index (χ1n) is 10.1. The zero-order valence-corrected chi connectivity index (χ0v) is 16.8. The molecule has 8 nitrogen and oxygen atoms in total. The molecule has 156 valence electrons. The van der Waals surface area contributed by atoms with Gasteiger partial charge in [0.1, 0.15) is 11.3 Å². The fourth-order valence-corrected chi connectivity index (χ4v) is 3.85. The maximum Gasteiger partial charge on any atom is 0.275 e. The van der Waals surface area contributed by atoms with E-state index < -0.39 is 4.92 Å². The summed E-state index contributed by atoms with van der Waals surface area (Å²) in [7, 11) is 0. The van der Waals surface area contributed by atoms with Crippen LogP contribution in [0, 0.1) is 10.1 Å². The second-order valence-corrected chi connectivity index (χ2v) is 7.66. The third kappa shape index (κ3) is 4.44. The highest BCUT2D eigenvalue weighted by Gasteiger charge is 2.24. The highest BCUT2D eigenvalue weighted by atomic mass is 16.6. The van der Waals surface area contributed by atoms with Gasteiger partial charge in [-0.05, 0) is 31.2 Å². The normalized spacial score (nSPS) is 15.8. The molecule has 2 heterocycles. The van der Waals surface area contributed by atoms with Gasteiger partial charge in [-0.25, -0.2) is 0 Å². The molecule has 1 aliphatic heterocycles. The zero-order valence-electron chi connectivity index (χ0n) is 16.8. The molecule has 3 aromatic rings. The number of amides is 1. The Hall–Kier alpha value is -3.39. The van der Waals surface area contributed by atoms with Gasteiger partial charge in [0.25, 0.3) is 11.6 Å². The number of benzene rings is 2. The summed E-state index contributed by atoms with van der Waals surface area (Å²) in [4.78, 5) is 26.3. The minimum atomic E-state index is -0.392. The first kappa shape index (κ1) is 19.9. The van der Waals surface area contributed by atoms with Crippen LogP contribution in [0.5, 0.6) is 0 Å². The van der Waals surface area contributed by atoms with E-state index in [2.05, 4.69) is 10.2 Å². The maximum absolute atomic E-state index is 12.5. The van der Waals surface area contributed by atoms with Gasteiger partial charge in [0.15, 0.2) is 6.54 Å². The van der Waals surface area contributed by atoms with Gasteiger partial charge in [-0.15, -0.1) is 0 Å². The number of hydrogen-bond acceptors (Lipinski definition) is 5. The topological polar surface area (TPSA) is 93.1 Å². The van der Waals surface area contributed by atoms with Crippen LogP contribution in [0.1, 0.15) is 18.7 Å². The van der Waals surface area contributed by atoms with Gasteiger partial charge in [-0.3, -0.25) is 14.9 Å². The highest BCUT2D eigenvalue weighted by molar-refractivity contribution is 5.79. The molecule has 0 spiro atoms. The fraction of sp³-hybridized carbons (Fsp3) is 0.318. The third-order valence-electron chi connectivity index (χ3n) is 5.56. The minimum absolute atomic E-state index is 0.00161. The van der Waals surface area contributed by atoms with Gasteiger partial charge in [-0.1, -0.05) is 18.2 Å². The van der Waals surface area contributed by atoms with Crippen molar-refractivity contribution in [2.75, 3.05) is 37.6 Å². The van der Waals surface area contributed by atoms with E-state index in [0.29, 0.717) is 6.54 Å². The second-order valence-electron chi connectivity index (χ2n) is 7.66. The summed E-state index contributed by atoms with van der Waals surface area (Å²) in [6.45, 7) is 5.63. The molecule has 1 fully saturated rings. The third-order valence-corrected chi connectivity index (χ3v) is 5.56. The molecule has 0 bridgehead atoms. The number of carbonyl (C=O) groups is 1. The number of rotatable bonds is 6. The number of nitro groups is 1. The number of para-hydroxylation sites is 1. The number of hydrogen-bond donors (Lipinski definition) is 2. The smallest absolute Gasteiger partial charge is 0.275 e. The molecule has 8 heteroatoms. The van der Waals surface area contributed by atoms with E-state index in [1.54, 1.807) is 12.1 Å². The molecule has 2 N–H and O–H groups in total. The van der Waals surface area contributed by atoms with Crippen molar-refractivity contribution >= 4 is 28.3 Å². The largest absolute Gasteiger partial charge is 0.459 e. The number of fused-ring (bicyclic) bond motifs is 1. The van der Waals surface area contributed by atoms with Crippen molar-refractivity contribution in [2.45, 2.75) is 13.0 Å². The molecule has 1 aliphatic rings. The van der Waals surface area contributed by atoms with Crippen LogP contribution >= 0.6 is 0 Å². The van der Waals surface area contributed by atoms with Gasteiger partial charge >= 0.3 is 0 Å². The number of carbonyl (C=O) groups excluding carboxylic acids is 1. The molecular formula is C22H25N4O4+. The molecule has 4 rings (SSSR count). The van der Waals surface area contributed by atoms with Gasteiger partial charge in [-0.2, -0.15) is 0 Å². The lowest BCUT2D eigenvalue weighted by atomic mass is 10.2. The van der Waals surface area contributed by atoms with Gasteiger partial charge in [0.05, 0.1) is 37.1 Å². The number of furan rings is 1. The number of nitro benzene ring substituents is 1. The lowest BCUT2D eigenvalue weighted by Crippen LogP contribution is -3.15. The Bertz CT molecular complexity index is 1010. The first-order chi connectivity index (χ1) is 14.5. The van der Waals surface area contributed by atoms with Gasteiger partial charge in [0.2, 0.25) is 0 Å². The summed E-state index contributed by atoms with van der Waals surface area (Å²) >= 11 is 0. The van der Waals surface area contributed by atoms with Crippen molar-refractivity contribution in [1.29, 1.82) is 0 Å². The van der Waals surface area contributed by atoms with Crippen LogP contribution in [0.15, 0.2) is 59.0 Å². The Labute approximate surface area is 174 Å². The standard InChI is InChI=1S/C22H24N4O4/c1-16(21-14-17-4-2-3-5-20(17)30-21)23-22(27)15-24-10-12-25(13-11-24)18-6-8-19(9-7-18)26(28)29/h2-9,14,16H,10-13,15H2,1H3,(H,23,27)/p+1/t16-/m1/s1. The summed E-state index contributed by atoms with van der Waals surface area (Å²) in [6.07, 6.45) is 0. The summed E-state index contributed by atoms with van der Waals surface area (Å²) in [5.74, 6) is 0.754. The monoisotopic (exact) mass is 409 g/mol. The van der Waals surface area contributed by atoms with Crippen molar-refractivity contribution in [1.82, 2.24) is 5.32 Å². The quantitative estimate of drug-likeness (QED) is 0.479. The molecule has 2 aromatic carbocycles. The van der Waals surface area contributed by atoms with Crippen LogP contribution in [-0.4, -0.2) is 43.6 Å². The number of non-ortho nitro benzene ring substituents is 1. The summed E-state index contributed by atoms with van der Waals surface area (Å²) in [5, 5.41) is 14.9. The van der Waals surface area contributed by atoms with Crippen LogP contribution in [-0.2, 0) is 4.79 Å². The van der Waals surface area contributed by atoms with Crippen LogP contribution in [0.3, 0.4) is 0 Å². The molecule has 30 heavy (non-hydrogen) atoms. The minimum Gasteiger partial charge on any atom is -0.459 e. The van der Waals surface area contributed by atoms with E-state index in [0.717, 1.165) is 48.6 Å². The fourth-order valence-electron chi connectivity index (χ4n) is 3.85. The van der Waals surface area contributed by atoms with Crippen LogP contribution < -0.4 is 15.1 Å². The summed E-state index contributed by atoms with van der Waals surface area (Å²) in [5.41, 5.74) is 1.89. The van der Waals surface area contributed by atoms with E-state index in [1.807, 2.05) is 37.3 Å². The van der Waals surface area contributed by atoms with Crippen molar-refractivity contribution in [3.63, 3.8) is 0 Å². The number of piperazine rings is 1. The Morgan fingerprint density at radius 2 is 1.90 bits per heavy atom. The van der Waals surface area contributed by atoms with E-state index in [4.69, 9.17) is 4.42 Å². The van der Waals surface area contributed by atoms with Crippen molar-refractivity contribution in [2.24, 2.45) is 0 Å². The highest BCUT2D eigenvalue weighted by Crippen LogP contribution is 2.23. The van der Waals surface area contributed by atoms with Crippen LogP contribution in [0.2, 0.25) is 0 Å². The Kier molecular flexibility index (Phi) is 5.67. The SMILES string of the molecule is C[C@@H](NC(=O)C[NH+]1CCN(c2ccc([N+](=O)[O-])cc2)CC1)c1cc2ccccc2o1. The summed E-state index contributed by atoms with van der Waals surface area (Å²) < 4.78 is 5.84. The van der Waals surface area contributed by atoms with E-state index in [-0.39, 0.29) is 17.6 Å². The predicted molar refractivity (Wildman–Crippen MR) is 114 cm³/mol. The van der Waals surface area contributed by atoms with Crippen molar-refractivity contribution in [3.05, 3.63) is 70.5 Å². The Morgan fingerprint density at radius 1 is 1.20 bits per heavy atom. The number of anilines is 1. The van der Waals surface area contributed by atoms with E-state index in [1.165, 1.54) is 17.0 Å². The lowest BCUT2D eigenvalue weighted by Gasteiger charge is -2.33. The molecule has 1 atom stereocenters. The molecule has 0 aliphatic carbocycles. The predicted octanol–water partition coefficient (Wildman–Crippen LogP) is 1.92. The number of quaternary nitrogens is 1. The van der Waals surface area contributed by atoms with Crippen LogP contribution in [0.25, 0.3) is 11.0 Å². The second kappa shape index (κ2) is 8.54. The zero-order chi connectivity index (χ0) is 21.1. The van der Waals surface area contributed by atoms with Crippen molar-refractivity contribution in [3.8, 4) is 0 Å². The van der Waals surface area contributed by atoms with Crippen LogP contribution in [0.4, 0.5) is 11.4 Å². The van der Waals surface area contributed by atoms with E-state index >= 15 is 0 Å². The molecule has 1 saturated heterocycles. The Morgan fingerprint density at radius 3 is 2.57 bits per heavy atom. The maximum atomic E-state index is 12.5. The lowest BCUT2D eigenvalue weighted by molar-refractivity contribution is -0.892. The molecule has 1 aromatic heterocycles. The van der Waals surface area contributed by atoms with Gasteiger partial charge in [0, 0.05) is 23.2 Å². The number of nitrogens with zero attached hydrogens (tertiary/aromatic N) is 2. The Balaban J connectivity index is 1.27. The molecule has 0 saturated carbocycles. The average molecular weight is 409 g/mol. The first-order valence-corrected chi connectivity index (χ1v) is 10.1. The molecule has 1 amide bonds. The molecular weight excluding hydrogens is 384 g/mol. The summed E-state index contributed by atoms with van der Waals surface area (Å²) in [6, 6.07) is 16.2. The molecule has 0 unspecified atom stereocenters. The number of nitrogens with one attached hydrogen (secondary N) is 2. The van der Waals surface area contributed by atoms with Gasteiger partial charge < -0.3 is 19.5 Å².